The monoisotopic (exact) mass is 670 g/mol. The molecular weight excluding hydrogens is 624 g/mol. The second kappa shape index (κ2) is 19.6. The van der Waals surface area contributed by atoms with Crippen LogP contribution < -0.4 is 16.0 Å². The second-order valence-electron chi connectivity index (χ2n) is 12.2. The smallest absolute Gasteiger partial charge is 0.243 e. The van der Waals surface area contributed by atoms with Gasteiger partial charge in [-0.2, -0.15) is 0 Å². The van der Waals surface area contributed by atoms with E-state index in [1.165, 1.54) is 22.3 Å². The van der Waals surface area contributed by atoms with Gasteiger partial charge in [0.1, 0.15) is 6.54 Å². The van der Waals surface area contributed by atoms with Crippen molar-refractivity contribution in [3.63, 3.8) is 0 Å². The molecule has 9 heteroatoms. The topological polar surface area (TPSA) is 108 Å². The van der Waals surface area contributed by atoms with Gasteiger partial charge in [-0.05, 0) is 48.2 Å². The Morgan fingerprint density at radius 3 is 1.40 bits per heavy atom. The number of rotatable bonds is 19. The third-order valence-electron chi connectivity index (χ3n) is 8.73. The number of benzene rings is 4. The molecule has 5 aromatic rings. The van der Waals surface area contributed by atoms with Gasteiger partial charge >= 0.3 is 0 Å². The summed E-state index contributed by atoms with van der Waals surface area (Å²) in [6.07, 6.45) is 6.67. The van der Waals surface area contributed by atoms with Gasteiger partial charge < -0.3 is 20.5 Å². The zero-order valence-electron chi connectivity index (χ0n) is 28.4. The minimum absolute atomic E-state index is 0.0611. The first-order valence-corrected chi connectivity index (χ1v) is 17.3. The molecule has 0 saturated carbocycles. The first kappa shape index (κ1) is 35.9. The molecular formula is C41H46N6O3. The summed E-state index contributed by atoms with van der Waals surface area (Å²) in [6, 6.07) is 41.2. The maximum Gasteiger partial charge on any atom is 0.243 e. The molecule has 258 valence electrons. The maximum atomic E-state index is 13.5. The molecule has 1 aromatic heterocycles. The van der Waals surface area contributed by atoms with Crippen molar-refractivity contribution in [2.45, 2.75) is 31.2 Å². The van der Waals surface area contributed by atoms with Crippen LogP contribution in [-0.2, 0) is 20.9 Å². The summed E-state index contributed by atoms with van der Waals surface area (Å²) in [4.78, 5) is 45.0. The van der Waals surface area contributed by atoms with E-state index in [1.807, 2.05) is 83.6 Å². The van der Waals surface area contributed by atoms with Gasteiger partial charge in [0.05, 0.1) is 19.4 Å². The van der Waals surface area contributed by atoms with Crippen LogP contribution in [0.1, 0.15) is 46.9 Å². The number of carbonyl (C=O) groups is 3. The van der Waals surface area contributed by atoms with Gasteiger partial charge in [0.25, 0.3) is 0 Å². The Balaban J connectivity index is 1.17. The average Bonchev–Trinajstić information content (AvgIpc) is 3.69. The van der Waals surface area contributed by atoms with Crippen LogP contribution in [-0.4, -0.2) is 71.4 Å². The highest BCUT2D eigenvalue weighted by atomic mass is 16.2. The Morgan fingerprint density at radius 2 is 1.02 bits per heavy atom. The van der Waals surface area contributed by atoms with E-state index >= 15 is 0 Å². The van der Waals surface area contributed by atoms with Crippen molar-refractivity contribution in [1.29, 1.82) is 0 Å². The van der Waals surface area contributed by atoms with Crippen LogP contribution in [0.15, 0.2) is 140 Å². The third kappa shape index (κ3) is 11.1. The highest BCUT2D eigenvalue weighted by Gasteiger charge is 2.24. The van der Waals surface area contributed by atoms with Crippen LogP contribution in [0.25, 0.3) is 0 Å². The van der Waals surface area contributed by atoms with E-state index in [1.54, 1.807) is 12.5 Å². The van der Waals surface area contributed by atoms with Crippen molar-refractivity contribution in [3.05, 3.63) is 162 Å². The van der Waals surface area contributed by atoms with Gasteiger partial charge in [-0.3, -0.25) is 19.3 Å². The number of imidazole rings is 1. The number of hydrogen-bond acceptors (Lipinski definition) is 6. The molecule has 0 aliphatic carbocycles. The predicted molar refractivity (Wildman–Crippen MR) is 196 cm³/mol. The largest absolute Gasteiger partial charge is 0.353 e. The number of imide groups is 1. The highest BCUT2D eigenvalue weighted by molar-refractivity contribution is 6.00. The SMILES string of the molecule is O=C(CN(C(=O)CNCCC(c1ccccc1)c1ccccc1)C(=O)CNCCC(c1ccccc1)c1ccccc1)NCCn1ccnc1. The Bertz CT molecular complexity index is 1540. The van der Waals surface area contributed by atoms with E-state index in [0.717, 1.165) is 17.7 Å². The van der Waals surface area contributed by atoms with Gasteiger partial charge in [0.15, 0.2) is 0 Å². The van der Waals surface area contributed by atoms with Gasteiger partial charge in [-0.25, -0.2) is 4.98 Å². The lowest BCUT2D eigenvalue weighted by atomic mass is 9.88. The Labute approximate surface area is 294 Å². The van der Waals surface area contributed by atoms with E-state index in [-0.39, 0.29) is 31.5 Å². The van der Waals surface area contributed by atoms with Crippen molar-refractivity contribution in [2.24, 2.45) is 0 Å². The zero-order valence-corrected chi connectivity index (χ0v) is 28.4. The molecule has 4 aromatic carbocycles. The summed E-state index contributed by atoms with van der Waals surface area (Å²) < 4.78 is 1.85. The summed E-state index contributed by atoms with van der Waals surface area (Å²) in [5.74, 6) is -0.973. The molecule has 5 rings (SSSR count). The molecule has 0 radical (unpaired) electrons. The molecule has 0 spiro atoms. The number of aromatic nitrogens is 2. The fourth-order valence-electron chi connectivity index (χ4n) is 6.13. The molecule has 3 amide bonds. The number of hydrogen-bond donors (Lipinski definition) is 3. The second-order valence-corrected chi connectivity index (χ2v) is 12.2. The summed E-state index contributed by atoms with van der Waals surface area (Å²) in [5, 5.41) is 9.30. The number of amides is 3. The zero-order chi connectivity index (χ0) is 34.8. The fraction of sp³-hybridized carbons (Fsp3) is 0.268. The Kier molecular flexibility index (Phi) is 14.1. The van der Waals surface area contributed by atoms with E-state index in [9.17, 15) is 14.4 Å². The van der Waals surface area contributed by atoms with Crippen molar-refractivity contribution < 1.29 is 14.4 Å². The average molecular weight is 671 g/mol. The lowest BCUT2D eigenvalue weighted by molar-refractivity contribution is -0.147. The van der Waals surface area contributed by atoms with Crippen molar-refractivity contribution >= 4 is 17.7 Å². The van der Waals surface area contributed by atoms with Crippen molar-refractivity contribution in [3.8, 4) is 0 Å². The van der Waals surface area contributed by atoms with E-state index in [4.69, 9.17) is 0 Å². The minimum atomic E-state index is -0.441. The van der Waals surface area contributed by atoms with Crippen LogP contribution in [0.4, 0.5) is 0 Å². The molecule has 0 bridgehead atoms. The molecule has 1 heterocycles. The molecule has 50 heavy (non-hydrogen) atoms. The quantitative estimate of drug-likeness (QED) is 0.107. The molecule has 0 saturated heterocycles. The molecule has 0 fully saturated rings. The fourth-order valence-corrected chi connectivity index (χ4v) is 6.13. The molecule has 0 atom stereocenters. The van der Waals surface area contributed by atoms with Crippen molar-refractivity contribution in [2.75, 3.05) is 39.3 Å². The van der Waals surface area contributed by atoms with Crippen LogP contribution in [0.5, 0.6) is 0 Å². The molecule has 9 nitrogen and oxygen atoms in total. The predicted octanol–water partition coefficient (Wildman–Crippen LogP) is 4.98. The lowest BCUT2D eigenvalue weighted by Gasteiger charge is -2.23. The normalized spacial score (nSPS) is 11.1. The number of nitrogens with one attached hydrogen (secondary N) is 3. The van der Waals surface area contributed by atoms with Gasteiger partial charge in [0, 0.05) is 37.3 Å². The minimum Gasteiger partial charge on any atom is -0.353 e. The summed E-state index contributed by atoms with van der Waals surface area (Å²) in [7, 11) is 0. The van der Waals surface area contributed by atoms with E-state index in [0.29, 0.717) is 26.2 Å². The molecule has 3 N–H and O–H groups in total. The van der Waals surface area contributed by atoms with Crippen LogP contribution >= 0.6 is 0 Å². The summed E-state index contributed by atoms with van der Waals surface area (Å²) in [6.45, 7) is 1.52. The first-order valence-electron chi connectivity index (χ1n) is 17.3. The summed E-state index contributed by atoms with van der Waals surface area (Å²) >= 11 is 0. The first-order chi connectivity index (χ1) is 24.6. The Morgan fingerprint density at radius 1 is 0.600 bits per heavy atom. The van der Waals surface area contributed by atoms with Crippen LogP contribution in [0, 0.1) is 0 Å². The Hall–Kier alpha value is -5.38. The standard InChI is InChI=1S/C41H46N6O3/c48-39(45-26-28-46-27-25-44-32-46)31-47(40(49)29-42-23-21-37(33-13-5-1-6-14-33)34-15-7-2-8-16-34)41(50)30-43-24-22-38(35-17-9-3-10-18-35)36-19-11-4-12-20-36/h1-20,25,27,32,37-38,42-43H,21-24,26,28-31H2,(H,45,48). The number of carbonyl (C=O) groups excluding carboxylic acids is 3. The van der Waals surface area contributed by atoms with Gasteiger partial charge in [-0.15, -0.1) is 0 Å². The van der Waals surface area contributed by atoms with E-state index in [2.05, 4.69) is 69.5 Å². The molecule has 0 aliphatic rings. The van der Waals surface area contributed by atoms with E-state index < -0.39 is 17.7 Å². The van der Waals surface area contributed by atoms with Crippen LogP contribution in [0.2, 0.25) is 0 Å². The lowest BCUT2D eigenvalue weighted by Crippen LogP contribution is -2.50. The summed E-state index contributed by atoms with van der Waals surface area (Å²) in [5.41, 5.74) is 4.79. The van der Waals surface area contributed by atoms with Crippen molar-refractivity contribution in [1.82, 2.24) is 30.4 Å². The number of nitrogens with zero attached hydrogens (tertiary/aromatic N) is 3. The van der Waals surface area contributed by atoms with Gasteiger partial charge in [0.2, 0.25) is 17.7 Å². The maximum absolute atomic E-state index is 13.5. The van der Waals surface area contributed by atoms with Crippen LogP contribution in [0.3, 0.4) is 0 Å². The highest BCUT2D eigenvalue weighted by Crippen LogP contribution is 2.28. The molecule has 0 unspecified atom stereocenters. The molecule has 0 aliphatic heterocycles. The van der Waals surface area contributed by atoms with Gasteiger partial charge in [-0.1, -0.05) is 121 Å². The third-order valence-corrected chi connectivity index (χ3v) is 8.73.